The largest absolute Gasteiger partial charge is 0.510 e. The quantitative estimate of drug-likeness (QED) is 0.101. The summed E-state index contributed by atoms with van der Waals surface area (Å²) >= 11 is 0. The van der Waals surface area contributed by atoms with Crippen molar-refractivity contribution in [2.45, 2.75) is 72.6 Å². The maximum Gasteiger partial charge on any atom is 0.268 e. The van der Waals surface area contributed by atoms with E-state index < -0.39 is 0 Å². The van der Waals surface area contributed by atoms with Crippen LogP contribution in [0.3, 0.4) is 0 Å². The SMILES string of the molecule is CC(C)Cc1cc(-n2c3c(c4ccc(Oc5[c-]c(-n6[c-][n+](-c7c(-c8ccccc8)cccc7-c7ccc(C(C)(C)C)cc7)c7ccccc76)cc(C(C)(C)C)c5)[c-]c42)-c2cccc4cccc(c24)-c2ccccc2-3)ncc1-c1ccccc1.[Pt]. The van der Waals surface area contributed by atoms with Gasteiger partial charge in [0.05, 0.1) is 16.7 Å². The molecule has 0 bridgehead atoms. The van der Waals surface area contributed by atoms with E-state index in [0.717, 1.165) is 101 Å². The number of pyridine rings is 1. The van der Waals surface area contributed by atoms with Gasteiger partial charge in [-0.3, -0.25) is 4.57 Å². The zero-order valence-electron chi connectivity index (χ0n) is 48.7. The number of imidazole rings is 1. The second kappa shape index (κ2) is 21.4. The van der Waals surface area contributed by atoms with Crippen molar-refractivity contribution in [2.24, 2.45) is 5.92 Å². The molecule has 0 radical (unpaired) electrons. The van der Waals surface area contributed by atoms with Crippen molar-refractivity contribution in [1.82, 2.24) is 14.1 Å². The molecule has 5 nitrogen and oxygen atoms in total. The fraction of sp³-hybridized carbons (Fsp3) is 0.154. The minimum Gasteiger partial charge on any atom is -0.510 e. The van der Waals surface area contributed by atoms with E-state index in [1.54, 1.807) is 0 Å². The van der Waals surface area contributed by atoms with Gasteiger partial charge in [-0.1, -0.05) is 249 Å². The molecule has 414 valence electrons. The number of aromatic nitrogens is 4. The molecule has 14 rings (SSSR count). The number of fused-ring (bicyclic) bond motifs is 8. The van der Waals surface area contributed by atoms with Gasteiger partial charge in [0.1, 0.15) is 5.82 Å². The van der Waals surface area contributed by atoms with Crippen LogP contribution in [0.25, 0.3) is 117 Å². The number of hydrogen-bond acceptors (Lipinski definition) is 2. The molecular weight excluding hydrogens is 1200 g/mol. The molecule has 3 aromatic heterocycles. The summed E-state index contributed by atoms with van der Waals surface area (Å²) in [5, 5.41) is 3.50. The van der Waals surface area contributed by atoms with Crippen LogP contribution in [-0.4, -0.2) is 14.1 Å². The van der Waals surface area contributed by atoms with Gasteiger partial charge in [-0.25, -0.2) is 4.98 Å². The molecule has 6 heteroatoms. The Morgan fingerprint density at radius 1 is 0.524 bits per heavy atom. The maximum atomic E-state index is 7.18. The number of ether oxygens (including phenoxy) is 1. The Morgan fingerprint density at radius 2 is 1.12 bits per heavy atom. The summed E-state index contributed by atoms with van der Waals surface area (Å²) in [6.45, 7) is 18.1. The van der Waals surface area contributed by atoms with E-state index >= 15 is 0 Å². The molecule has 0 atom stereocenters. The molecular formula is C78H64N4OPt-2. The topological polar surface area (TPSA) is 35.9 Å². The van der Waals surface area contributed by atoms with Crippen LogP contribution in [0.2, 0.25) is 0 Å². The van der Waals surface area contributed by atoms with Crippen molar-refractivity contribution in [3.8, 4) is 95.6 Å². The van der Waals surface area contributed by atoms with Gasteiger partial charge < -0.3 is 13.9 Å². The van der Waals surface area contributed by atoms with E-state index in [4.69, 9.17) is 9.72 Å². The third-order valence-electron chi connectivity index (χ3n) is 16.5. The normalized spacial score (nSPS) is 12.1. The van der Waals surface area contributed by atoms with Crippen molar-refractivity contribution < 1.29 is 30.4 Å². The minimum absolute atomic E-state index is 0. The van der Waals surface area contributed by atoms with Crippen molar-refractivity contribution in [1.29, 1.82) is 0 Å². The molecule has 3 heterocycles. The van der Waals surface area contributed by atoms with Gasteiger partial charge in [0.15, 0.2) is 0 Å². The minimum atomic E-state index is -0.247. The van der Waals surface area contributed by atoms with Crippen LogP contribution in [0, 0.1) is 24.4 Å². The van der Waals surface area contributed by atoms with Crippen molar-refractivity contribution >= 4 is 32.7 Å². The summed E-state index contributed by atoms with van der Waals surface area (Å²) in [5.74, 6) is 2.41. The average Bonchev–Trinajstić information content (AvgIpc) is 1.66. The van der Waals surface area contributed by atoms with E-state index in [1.165, 1.54) is 38.6 Å². The van der Waals surface area contributed by atoms with Crippen LogP contribution in [0.5, 0.6) is 11.5 Å². The van der Waals surface area contributed by atoms with Crippen molar-refractivity contribution in [2.75, 3.05) is 0 Å². The zero-order valence-corrected chi connectivity index (χ0v) is 50.9. The molecule has 0 spiro atoms. The number of nitrogens with zero attached hydrogens (tertiary/aromatic N) is 4. The van der Waals surface area contributed by atoms with Crippen LogP contribution < -0.4 is 9.30 Å². The number of benzene rings is 10. The third kappa shape index (κ3) is 9.59. The summed E-state index contributed by atoms with van der Waals surface area (Å²) < 4.78 is 13.9. The fourth-order valence-electron chi connectivity index (χ4n) is 12.5. The summed E-state index contributed by atoms with van der Waals surface area (Å²) in [7, 11) is 0. The molecule has 84 heavy (non-hydrogen) atoms. The second-order valence-corrected chi connectivity index (χ2v) is 24.7. The number of para-hydroxylation sites is 3. The van der Waals surface area contributed by atoms with Crippen LogP contribution in [0.1, 0.15) is 72.1 Å². The van der Waals surface area contributed by atoms with E-state index in [1.807, 2.05) is 0 Å². The summed E-state index contributed by atoms with van der Waals surface area (Å²) in [4.78, 5) is 5.42. The van der Waals surface area contributed by atoms with Crippen molar-refractivity contribution in [3.63, 3.8) is 0 Å². The molecule has 0 unspecified atom stereocenters. The first kappa shape index (κ1) is 54.4. The second-order valence-electron chi connectivity index (χ2n) is 24.7. The Hall–Kier alpha value is -8.89. The van der Waals surface area contributed by atoms with Gasteiger partial charge in [-0.2, -0.15) is 17.7 Å². The first-order valence-corrected chi connectivity index (χ1v) is 29.0. The first-order chi connectivity index (χ1) is 40.2. The molecule has 0 saturated heterocycles. The Bertz CT molecular complexity index is 4650. The molecule has 0 amide bonds. The standard InChI is InChI=1S/C78H64N4O.Pt/c1-50(2)42-55-43-72(79-48-68(55)52-24-13-10-14-25-52)82-71-47-59(40-41-66(71)74-67-33-20-27-54-26-19-32-64(73(54)67)63-28-15-16-29-65(63)76(74)82)83-60-45-57(78(6,7)8)44-58(46-60)80-49-81(70-35-18-17-34-69(70)80)75-61(51-22-11-9-12-23-51)30-21-31-62(75)53-36-38-56(39-37-53)77(3,4)5;/h9-41,43-45,48,50H,42H2,1-8H3;/q-2;. The Morgan fingerprint density at radius 3 is 1.81 bits per heavy atom. The maximum absolute atomic E-state index is 7.18. The van der Waals surface area contributed by atoms with Gasteiger partial charge in [-0.05, 0) is 107 Å². The van der Waals surface area contributed by atoms with E-state index in [9.17, 15) is 0 Å². The van der Waals surface area contributed by atoms with Gasteiger partial charge in [0, 0.05) is 55.6 Å². The van der Waals surface area contributed by atoms with E-state index in [2.05, 4.69) is 312 Å². The molecule has 10 aromatic carbocycles. The zero-order chi connectivity index (χ0) is 56.7. The molecule has 0 N–H and O–H groups in total. The van der Waals surface area contributed by atoms with Crippen LogP contribution in [0.15, 0.2) is 225 Å². The number of rotatable bonds is 10. The predicted molar refractivity (Wildman–Crippen MR) is 342 cm³/mol. The Kier molecular flexibility index (Phi) is 13.8. The first-order valence-electron chi connectivity index (χ1n) is 29.0. The van der Waals surface area contributed by atoms with Crippen LogP contribution >= 0.6 is 0 Å². The van der Waals surface area contributed by atoms with Gasteiger partial charge >= 0.3 is 0 Å². The van der Waals surface area contributed by atoms with Gasteiger partial charge in [0.2, 0.25) is 0 Å². The van der Waals surface area contributed by atoms with Crippen molar-refractivity contribution in [3.05, 3.63) is 260 Å². The molecule has 1 aliphatic carbocycles. The summed E-state index contributed by atoms with van der Waals surface area (Å²) in [6, 6.07) is 86.5. The number of hydrogen-bond donors (Lipinski definition) is 0. The Labute approximate surface area is 507 Å². The van der Waals surface area contributed by atoms with E-state index in [0.29, 0.717) is 17.4 Å². The third-order valence-corrected chi connectivity index (χ3v) is 16.5. The smallest absolute Gasteiger partial charge is 0.268 e. The van der Waals surface area contributed by atoms with Gasteiger partial charge in [-0.15, -0.1) is 29.7 Å². The summed E-state index contributed by atoms with van der Waals surface area (Å²) in [5.41, 5.74) is 21.9. The Balaban J connectivity index is 0.00000658. The fourth-order valence-corrected chi connectivity index (χ4v) is 12.5. The molecule has 0 aliphatic heterocycles. The van der Waals surface area contributed by atoms with Crippen LogP contribution in [0.4, 0.5) is 0 Å². The average molecular weight is 1270 g/mol. The molecule has 0 saturated carbocycles. The molecule has 1 aliphatic rings. The van der Waals surface area contributed by atoms with E-state index in [-0.39, 0.29) is 31.9 Å². The predicted octanol–water partition coefficient (Wildman–Crippen LogP) is 19.7. The molecule has 0 fully saturated rings. The monoisotopic (exact) mass is 1270 g/mol. The molecule has 13 aromatic rings. The summed E-state index contributed by atoms with van der Waals surface area (Å²) in [6.07, 6.45) is 6.88. The van der Waals surface area contributed by atoms with Gasteiger partial charge in [0.25, 0.3) is 6.33 Å². The van der Waals surface area contributed by atoms with Crippen LogP contribution in [-0.2, 0) is 38.3 Å².